The van der Waals surface area contributed by atoms with Crippen molar-refractivity contribution in [2.45, 2.75) is 0 Å². The molecule has 1 fully saturated rings. The molecular weight excluding hydrogens is 275 g/mol. The molecule has 5 nitrogen and oxygen atoms in total. The maximum absolute atomic E-state index is 11.7. The first-order chi connectivity index (χ1) is 7.84. The number of pyridine rings is 1. The standard InChI is InChI=1S/C11H16N4O.2ClH/c16-11(9-15-6-4-12-5-7-15)14-10-2-1-3-13-8-10;;/h1-3,8,12H,4-7,9H2,(H,14,16);2*1H. The summed E-state index contributed by atoms with van der Waals surface area (Å²) < 4.78 is 0. The smallest absolute Gasteiger partial charge is 0.238 e. The number of hydrogen-bond donors (Lipinski definition) is 2. The van der Waals surface area contributed by atoms with Crippen molar-refractivity contribution in [2.75, 3.05) is 38.0 Å². The second-order valence-corrected chi connectivity index (χ2v) is 3.82. The first-order valence-corrected chi connectivity index (χ1v) is 5.47. The summed E-state index contributed by atoms with van der Waals surface area (Å²) in [5, 5.41) is 6.08. The summed E-state index contributed by atoms with van der Waals surface area (Å²) in [5.41, 5.74) is 0.752. The Labute approximate surface area is 119 Å². The van der Waals surface area contributed by atoms with Crippen molar-refractivity contribution in [2.24, 2.45) is 0 Å². The molecule has 7 heteroatoms. The number of nitrogens with one attached hydrogen (secondary N) is 2. The maximum atomic E-state index is 11.7. The summed E-state index contributed by atoms with van der Waals surface area (Å²) >= 11 is 0. The number of carbonyl (C=O) groups is 1. The highest BCUT2D eigenvalue weighted by Crippen LogP contribution is 2.02. The number of rotatable bonds is 3. The van der Waals surface area contributed by atoms with Gasteiger partial charge in [0.2, 0.25) is 5.91 Å². The fraction of sp³-hybridized carbons (Fsp3) is 0.455. The number of halogens is 2. The number of piperazine rings is 1. The van der Waals surface area contributed by atoms with Crippen LogP contribution in [0.1, 0.15) is 0 Å². The minimum absolute atomic E-state index is 0. The molecule has 0 radical (unpaired) electrons. The quantitative estimate of drug-likeness (QED) is 0.864. The SMILES string of the molecule is Cl.Cl.O=C(CN1CCNCC1)Nc1cccnc1. The lowest BCUT2D eigenvalue weighted by atomic mass is 10.3. The Bertz CT molecular complexity index is 344. The van der Waals surface area contributed by atoms with Crippen LogP contribution in [0.25, 0.3) is 0 Å². The van der Waals surface area contributed by atoms with Gasteiger partial charge >= 0.3 is 0 Å². The molecule has 0 atom stereocenters. The molecule has 2 rings (SSSR count). The van der Waals surface area contributed by atoms with E-state index in [1.165, 1.54) is 0 Å². The number of nitrogens with zero attached hydrogens (tertiary/aromatic N) is 2. The van der Waals surface area contributed by atoms with Crippen LogP contribution in [-0.2, 0) is 4.79 Å². The highest BCUT2D eigenvalue weighted by molar-refractivity contribution is 5.92. The van der Waals surface area contributed by atoms with E-state index in [1.54, 1.807) is 18.5 Å². The Morgan fingerprint density at radius 2 is 2.11 bits per heavy atom. The molecule has 1 saturated heterocycles. The zero-order valence-electron chi connectivity index (χ0n) is 9.96. The monoisotopic (exact) mass is 292 g/mol. The minimum atomic E-state index is 0. The third-order valence-electron chi connectivity index (χ3n) is 2.52. The van der Waals surface area contributed by atoms with Gasteiger partial charge in [-0.15, -0.1) is 24.8 Å². The van der Waals surface area contributed by atoms with Crippen LogP contribution in [0.5, 0.6) is 0 Å². The molecule has 1 aromatic rings. The molecule has 1 aromatic heterocycles. The highest BCUT2D eigenvalue weighted by Gasteiger charge is 2.13. The molecule has 0 saturated carbocycles. The summed E-state index contributed by atoms with van der Waals surface area (Å²) in [6.07, 6.45) is 3.33. The van der Waals surface area contributed by atoms with E-state index < -0.39 is 0 Å². The van der Waals surface area contributed by atoms with E-state index in [9.17, 15) is 4.79 Å². The summed E-state index contributed by atoms with van der Waals surface area (Å²) in [7, 11) is 0. The Morgan fingerprint density at radius 3 is 2.72 bits per heavy atom. The van der Waals surface area contributed by atoms with Crippen LogP contribution >= 0.6 is 24.8 Å². The van der Waals surface area contributed by atoms with Gasteiger partial charge in [-0.1, -0.05) is 0 Å². The number of carbonyl (C=O) groups excluding carboxylic acids is 1. The number of amides is 1. The van der Waals surface area contributed by atoms with Gasteiger partial charge in [0.15, 0.2) is 0 Å². The molecule has 1 aliphatic rings. The van der Waals surface area contributed by atoms with Crippen molar-refractivity contribution >= 4 is 36.4 Å². The molecule has 0 aromatic carbocycles. The van der Waals surface area contributed by atoms with Crippen LogP contribution in [-0.4, -0.2) is 48.5 Å². The van der Waals surface area contributed by atoms with Gasteiger partial charge in [-0.05, 0) is 12.1 Å². The molecule has 0 bridgehead atoms. The van der Waals surface area contributed by atoms with Crippen LogP contribution in [0.4, 0.5) is 5.69 Å². The van der Waals surface area contributed by atoms with Crippen LogP contribution in [0.15, 0.2) is 24.5 Å². The summed E-state index contributed by atoms with van der Waals surface area (Å²) in [6.45, 7) is 4.23. The van der Waals surface area contributed by atoms with Crippen LogP contribution < -0.4 is 10.6 Å². The predicted octanol–water partition coefficient (Wildman–Crippen LogP) is 0.769. The van der Waals surface area contributed by atoms with Gasteiger partial charge in [0.1, 0.15) is 0 Å². The Morgan fingerprint density at radius 1 is 1.39 bits per heavy atom. The van der Waals surface area contributed by atoms with Crippen molar-refractivity contribution in [3.63, 3.8) is 0 Å². The van der Waals surface area contributed by atoms with Gasteiger partial charge < -0.3 is 10.6 Å². The molecule has 1 amide bonds. The first-order valence-electron chi connectivity index (χ1n) is 5.47. The van der Waals surface area contributed by atoms with Gasteiger partial charge in [-0.25, -0.2) is 0 Å². The van der Waals surface area contributed by atoms with Crippen molar-refractivity contribution in [3.05, 3.63) is 24.5 Å². The summed E-state index contributed by atoms with van der Waals surface area (Å²) in [5.74, 6) is 0.0231. The second kappa shape index (κ2) is 9.10. The van der Waals surface area contributed by atoms with Gasteiger partial charge in [0.05, 0.1) is 18.4 Å². The topological polar surface area (TPSA) is 57.3 Å². The molecule has 0 unspecified atom stereocenters. The molecule has 2 N–H and O–H groups in total. The van der Waals surface area contributed by atoms with E-state index in [0.717, 1.165) is 31.9 Å². The second-order valence-electron chi connectivity index (χ2n) is 3.82. The van der Waals surface area contributed by atoms with Crippen LogP contribution in [0, 0.1) is 0 Å². The lowest BCUT2D eigenvalue weighted by molar-refractivity contribution is -0.117. The number of hydrogen-bond acceptors (Lipinski definition) is 4. The Kier molecular flexibility index (Phi) is 8.66. The van der Waals surface area contributed by atoms with Crippen LogP contribution in [0.2, 0.25) is 0 Å². The van der Waals surface area contributed by atoms with Crippen molar-refractivity contribution in [3.8, 4) is 0 Å². The van der Waals surface area contributed by atoms with Gasteiger partial charge in [-0.2, -0.15) is 0 Å². The van der Waals surface area contributed by atoms with E-state index in [2.05, 4.69) is 20.5 Å². The zero-order valence-corrected chi connectivity index (χ0v) is 11.6. The van der Waals surface area contributed by atoms with Gasteiger partial charge in [-0.3, -0.25) is 14.7 Å². The lowest BCUT2D eigenvalue weighted by Crippen LogP contribution is -2.46. The number of aromatic nitrogens is 1. The fourth-order valence-electron chi connectivity index (χ4n) is 1.71. The molecule has 2 heterocycles. The average Bonchev–Trinajstić information content (AvgIpc) is 2.31. The van der Waals surface area contributed by atoms with Gasteiger partial charge in [0, 0.05) is 32.4 Å². The lowest BCUT2D eigenvalue weighted by Gasteiger charge is -2.26. The van der Waals surface area contributed by atoms with E-state index >= 15 is 0 Å². The Hall–Kier alpha value is -0.880. The third-order valence-corrected chi connectivity index (χ3v) is 2.52. The van der Waals surface area contributed by atoms with E-state index in [0.29, 0.717) is 6.54 Å². The van der Waals surface area contributed by atoms with Crippen molar-refractivity contribution in [1.29, 1.82) is 0 Å². The van der Waals surface area contributed by atoms with Crippen molar-refractivity contribution < 1.29 is 4.79 Å². The maximum Gasteiger partial charge on any atom is 0.238 e. The first kappa shape index (κ1) is 17.1. The predicted molar refractivity (Wildman–Crippen MR) is 76.7 cm³/mol. The summed E-state index contributed by atoms with van der Waals surface area (Å²) in [6, 6.07) is 3.64. The molecule has 0 aliphatic carbocycles. The highest BCUT2D eigenvalue weighted by atomic mass is 35.5. The summed E-state index contributed by atoms with van der Waals surface area (Å²) in [4.78, 5) is 17.8. The normalized spacial score (nSPS) is 15.1. The van der Waals surface area contributed by atoms with Crippen molar-refractivity contribution in [1.82, 2.24) is 15.2 Å². The largest absolute Gasteiger partial charge is 0.324 e. The molecule has 1 aliphatic heterocycles. The van der Waals surface area contributed by atoms with E-state index in [-0.39, 0.29) is 30.7 Å². The van der Waals surface area contributed by atoms with E-state index in [1.807, 2.05) is 6.07 Å². The fourth-order valence-corrected chi connectivity index (χ4v) is 1.71. The zero-order chi connectivity index (χ0) is 11.2. The third kappa shape index (κ3) is 5.64. The molecule has 18 heavy (non-hydrogen) atoms. The molecule has 0 spiro atoms. The number of anilines is 1. The van der Waals surface area contributed by atoms with Gasteiger partial charge in [0.25, 0.3) is 0 Å². The van der Waals surface area contributed by atoms with Crippen LogP contribution in [0.3, 0.4) is 0 Å². The molecule has 102 valence electrons. The Balaban J connectivity index is 0.00000144. The molecular formula is C11H18Cl2N4O. The minimum Gasteiger partial charge on any atom is -0.324 e. The van der Waals surface area contributed by atoms with E-state index in [4.69, 9.17) is 0 Å². The average molecular weight is 293 g/mol.